The van der Waals surface area contributed by atoms with Gasteiger partial charge in [-0.1, -0.05) is 36.7 Å². The molecule has 110 valence electrons. The van der Waals surface area contributed by atoms with Crippen LogP contribution in [0.4, 0.5) is 11.4 Å². The Labute approximate surface area is 134 Å². The van der Waals surface area contributed by atoms with Crippen LogP contribution in [0.3, 0.4) is 0 Å². The molecule has 21 heavy (non-hydrogen) atoms. The monoisotopic (exact) mass is 319 g/mol. The molecule has 0 atom stereocenters. The van der Waals surface area contributed by atoms with Crippen LogP contribution in [-0.2, 0) is 5.75 Å². The molecular weight excluding hydrogens is 302 g/mol. The SMILES string of the molecule is COc1ccc(CSC(=Nc2ccc(N)cc2)NS)cc1. The van der Waals surface area contributed by atoms with Crippen molar-refractivity contribution in [2.45, 2.75) is 5.75 Å². The van der Waals surface area contributed by atoms with Gasteiger partial charge < -0.3 is 15.2 Å². The zero-order chi connectivity index (χ0) is 15.1. The highest BCUT2D eigenvalue weighted by Gasteiger charge is 2.01. The molecule has 0 saturated carbocycles. The number of benzene rings is 2. The van der Waals surface area contributed by atoms with Crippen LogP contribution in [0.2, 0.25) is 0 Å². The molecule has 0 fully saturated rings. The lowest BCUT2D eigenvalue weighted by molar-refractivity contribution is 0.414. The number of ether oxygens (including phenoxy) is 1. The molecule has 0 radical (unpaired) electrons. The second-order valence-electron chi connectivity index (χ2n) is 4.26. The van der Waals surface area contributed by atoms with Gasteiger partial charge in [0.15, 0.2) is 5.17 Å². The van der Waals surface area contributed by atoms with Gasteiger partial charge in [-0.05, 0) is 42.0 Å². The number of nitrogen functional groups attached to an aromatic ring is 1. The highest BCUT2D eigenvalue weighted by molar-refractivity contribution is 8.13. The fraction of sp³-hybridized carbons (Fsp3) is 0.133. The normalized spacial score (nSPS) is 11.2. The van der Waals surface area contributed by atoms with Crippen LogP contribution in [0.1, 0.15) is 5.56 Å². The first-order valence-electron chi connectivity index (χ1n) is 6.31. The Morgan fingerprint density at radius 3 is 2.43 bits per heavy atom. The van der Waals surface area contributed by atoms with Gasteiger partial charge in [-0.3, -0.25) is 0 Å². The Balaban J connectivity index is 1.99. The lowest BCUT2D eigenvalue weighted by Crippen LogP contribution is -2.08. The summed E-state index contributed by atoms with van der Waals surface area (Å²) in [5.41, 5.74) is 8.40. The Morgan fingerprint density at radius 1 is 1.19 bits per heavy atom. The van der Waals surface area contributed by atoms with E-state index < -0.39 is 0 Å². The maximum Gasteiger partial charge on any atom is 0.171 e. The number of rotatable bonds is 4. The van der Waals surface area contributed by atoms with Crippen LogP contribution in [0.5, 0.6) is 5.75 Å². The van der Waals surface area contributed by atoms with Crippen LogP contribution in [0, 0.1) is 0 Å². The maximum absolute atomic E-state index is 5.65. The lowest BCUT2D eigenvalue weighted by atomic mass is 10.2. The second kappa shape index (κ2) is 7.85. The minimum atomic E-state index is 0.722. The zero-order valence-electron chi connectivity index (χ0n) is 11.6. The van der Waals surface area contributed by atoms with Crippen LogP contribution < -0.4 is 15.2 Å². The van der Waals surface area contributed by atoms with Gasteiger partial charge in [0.2, 0.25) is 0 Å². The van der Waals surface area contributed by atoms with E-state index in [1.807, 2.05) is 48.5 Å². The quantitative estimate of drug-likeness (QED) is 0.348. The van der Waals surface area contributed by atoms with Gasteiger partial charge >= 0.3 is 0 Å². The number of thiol groups is 1. The first-order valence-corrected chi connectivity index (χ1v) is 7.74. The number of hydrogen-bond acceptors (Lipinski definition) is 5. The number of nitrogens with one attached hydrogen (secondary N) is 1. The number of thioether (sulfide) groups is 1. The molecule has 0 aromatic heterocycles. The molecule has 0 aliphatic heterocycles. The van der Waals surface area contributed by atoms with Crippen molar-refractivity contribution in [1.82, 2.24) is 4.72 Å². The fourth-order valence-electron chi connectivity index (χ4n) is 1.63. The number of hydrogen-bond donors (Lipinski definition) is 3. The van der Waals surface area contributed by atoms with Crippen LogP contribution in [-0.4, -0.2) is 12.3 Å². The van der Waals surface area contributed by atoms with Crippen molar-refractivity contribution >= 4 is 41.1 Å². The van der Waals surface area contributed by atoms with Crippen molar-refractivity contribution in [3.63, 3.8) is 0 Å². The standard InChI is InChI=1S/C15H17N3OS2/c1-19-14-8-2-11(3-9-14)10-21-15(18-20)17-13-6-4-12(16)5-7-13/h2-9,20H,10,16H2,1H3,(H,17,18). The molecule has 0 bridgehead atoms. The third kappa shape index (κ3) is 4.91. The summed E-state index contributed by atoms with van der Waals surface area (Å²) in [6.07, 6.45) is 0. The van der Waals surface area contributed by atoms with Gasteiger partial charge in [0.25, 0.3) is 0 Å². The summed E-state index contributed by atoms with van der Waals surface area (Å²) < 4.78 is 7.95. The summed E-state index contributed by atoms with van der Waals surface area (Å²) in [5, 5.41) is 0.735. The van der Waals surface area contributed by atoms with Crippen molar-refractivity contribution in [3.05, 3.63) is 54.1 Å². The van der Waals surface area contributed by atoms with E-state index in [4.69, 9.17) is 10.5 Å². The van der Waals surface area contributed by atoms with Gasteiger partial charge in [0.05, 0.1) is 12.8 Å². The van der Waals surface area contributed by atoms with Gasteiger partial charge in [-0.15, -0.1) is 0 Å². The predicted octanol–water partition coefficient (Wildman–Crippen LogP) is 3.63. The van der Waals surface area contributed by atoms with Crippen LogP contribution >= 0.6 is 24.6 Å². The van der Waals surface area contributed by atoms with Gasteiger partial charge in [-0.25, -0.2) is 4.99 Å². The number of methoxy groups -OCH3 is 1. The molecule has 4 nitrogen and oxygen atoms in total. The highest BCUT2D eigenvalue weighted by atomic mass is 32.2. The van der Waals surface area contributed by atoms with Crippen LogP contribution in [0.15, 0.2) is 53.5 Å². The molecule has 6 heteroatoms. The Morgan fingerprint density at radius 2 is 1.86 bits per heavy atom. The van der Waals surface area contributed by atoms with E-state index in [9.17, 15) is 0 Å². The first kappa shape index (κ1) is 15.6. The molecule has 0 aliphatic carbocycles. The molecule has 2 rings (SSSR count). The molecule has 0 amide bonds. The smallest absolute Gasteiger partial charge is 0.171 e. The summed E-state index contributed by atoms with van der Waals surface area (Å²) in [6.45, 7) is 0. The predicted molar refractivity (Wildman–Crippen MR) is 94.4 cm³/mol. The van der Waals surface area contributed by atoms with E-state index in [0.717, 1.165) is 28.0 Å². The van der Waals surface area contributed by atoms with Gasteiger partial charge in [0, 0.05) is 11.4 Å². The maximum atomic E-state index is 5.65. The van der Waals surface area contributed by atoms with E-state index in [1.165, 1.54) is 5.56 Å². The van der Waals surface area contributed by atoms with Gasteiger partial charge in [0.1, 0.15) is 5.75 Å². The summed E-state index contributed by atoms with van der Waals surface area (Å²) in [6, 6.07) is 15.3. The average Bonchev–Trinajstić information content (AvgIpc) is 2.53. The third-order valence-corrected chi connectivity index (χ3v) is 4.06. The lowest BCUT2D eigenvalue weighted by Gasteiger charge is -2.06. The van der Waals surface area contributed by atoms with Crippen molar-refractivity contribution in [3.8, 4) is 5.75 Å². The van der Waals surface area contributed by atoms with Crippen molar-refractivity contribution in [2.75, 3.05) is 12.8 Å². The molecule has 2 aromatic carbocycles. The van der Waals surface area contributed by atoms with E-state index in [-0.39, 0.29) is 0 Å². The second-order valence-corrected chi connectivity index (χ2v) is 5.44. The topological polar surface area (TPSA) is 59.6 Å². The number of nitrogens with two attached hydrogens (primary N) is 1. The fourth-order valence-corrected chi connectivity index (χ4v) is 2.60. The third-order valence-electron chi connectivity index (χ3n) is 2.75. The molecule has 3 N–H and O–H groups in total. The largest absolute Gasteiger partial charge is 0.497 e. The molecular formula is C15H17N3OS2. The minimum absolute atomic E-state index is 0.722. The number of amidine groups is 1. The summed E-state index contributed by atoms with van der Waals surface area (Å²) >= 11 is 5.68. The number of nitrogens with zero attached hydrogens (tertiary/aromatic N) is 1. The van der Waals surface area contributed by atoms with E-state index in [1.54, 1.807) is 18.9 Å². The van der Waals surface area contributed by atoms with E-state index in [2.05, 4.69) is 22.5 Å². The van der Waals surface area contributed by atoms with Crippen molar-refractivity contribution in [2.24, 2.45) is 4.99 Å². The number of anilines is 1. The molecule has 0 aliphatic rings. The Kier molecular flexibility index (Phi) is 5.83. The van der Waals surface area contributed by atoms with Crippen LogP contribution in [0.25, 0.3) is 0 Å². The Hall–Kier alpha value is -1.79. The number of aliphatic imine (C=N–C) groups is 1. The van der Waals surface area contributed by atoms with E-state index >= 15 is 0 Å². The first-order chi connectivity index (χ1) is 10.2. The van der Waals surface area contributed by atoms with Gasteiger partial charge in [-0.2, -0.15) is 0 Å². The molecule has 0 heterocycles. The summed E-state index contributed by atoms with van der Waals surface area (Å²) in [4.78, 5) is 4.48. The molecule has 0 saturated heterocycles. The molecule has 0 unspecified atom stereocenters. The highest BCUT2D eigenvalue weighted by Crippen LogP contribution is 2.20. The zero-order valence-corrected chi connectivity index (χ0v) is 13.3. The van der Waals surface area contributed by atoms with E-state index in [0.29, 0.717) is 0 Å². The summed E-state index contributed by atoms with van der Waals surface area (Å²) in [5.74, 6) is 1.65. The molecule has 2 aromatic rings. The van der Waals surface area contributed by atoms with Crippen molar-refractivity contribution in [1.29, 1.82) is 0 Å². The summed E-state index contributed by atoms with van der Waals surface area (Å²) in [7, 11) is 1.66. The van der Waals surface area contributed by atoms with Crippen molar-refractivity contribution < 1.29 is 4.74 Å². The Bertz CT molecular complexity index is 597. The molecule has 0 spiro atoms. The minimum Gasteiger partial charge on any atom is -0.497 e. The average molecular weight is 319 g/mol.